The summed E-state index contributed by atoms with van der Waals surface area (Å²) in [5, 5.41) is 4.12. The second kappa shape index (κ2) is 8.72. The Morgan fingerprint density at radius 2 is 1.84 bits per heavy atom. The number of benzene rings is 2. The normalized spacial score (nSPS) is 15.5. The molecule has 0 unspecified atom stereocenters. The summed E-state index contributed by atoms with van der Waals surface area (Å²) in [5.41, 5.74) is 1.31. The van der Waals surface area contributed by atoms with Crippen molar-refractivity contribution in [1.29, 1.82) is 0 Å². The fourth-order valence-corrected chi connectivity index (χ4v) is 3.13. The quantitative estimate of drug-likeness (QED) is 0.804. The number of likely N-dealkylation sites (N-methyl/N-ethyl adjacent to an activating group) is 1. The molecule has 0 aliphatic carbocycles. The van der Waals surface area contributed by atoms with Crippen molar-refractivity contribution >= 4 is 17.3 Å². The average Bonchev–Trinajstić information content (AvgIpc) is 2.66. The molecule has 1 N–H and O–H groups in total. The van der Waals surface area contributed by atoms with Crippen LogP contribution in [-0.2, 0) is 6.42 Å². The molecule has 1 atom stereocenters. The van der Waals surface area contributed by atoms with Crippen molar-refractivity contribution in [2.24, 2.45) is 0 Å². The molecule has 3 rings (SSSR count). The second-order valence-electron chi connectivity index (χ2n) is 6.00. The summed E-state index contributed by atoms with van der Waals surface area (Å²) >= 11 is 5.55. The molecule has 2 aromatic rings. The van der Waals surface area contributed by atoms with Gasteiger partial charge in [0.25, 0.3) is 0 Å². The number of nitrogens with zero attached hydrogens (tertiary/aromatic N) is 1. The molecule has 4 nitrogen and oxygen atoms in total. The highest BCUT2D eigenvalue weighted by molar-refractivity contribution is 7.80. The summed E-state index contributed by atoms with van der Waals surface area (Å²) in [6.07, 6.45) is 0.929. The van der Waals surface area contributed by atoms with Crippen molar-refractivity contribution in [2.45, 2.75) is 19.4 Å². The van der Waals surface area contributed by atoms with Crippen molar-refractivity contribution in [2.75, 3.05) is 26.2 Å². The molecule has 0 radical (unpaired) electrons. The van der Waals surface area contributed by atoms with Gasteiger partial charge in [0.1, 0.15) is 6.61 Å². The predicted octanol–water partition coefficient (Wildman–Crippen LogP) is 3.27. The average molecular weight is 356 g/mol. The lowest BCUT2D eigenvalue weighted by atomic mass is 10.1. The SMILES string of the molecule is CCN(C[C@H]1COc2ccccc2O1)C(=S)NCCc1ccccc1. The fraction of sp³-hybridized carbons (Fsp3) is 0.350. The van der Waals surface area contributed by atoms with Gasteiger partial charge in [0, 0.05) is 13.1 Å². The number of fused-ring (bicyclic) bond motifs is 1. The number of nitrogens with one attached hydrogen (secondary N) is 1. The second-order valence-corrected chi connectivity index (χ2v) is 6.39. The monoisotopic (exact) mass is 356 g/mol. The Kier molecular flexibility index (Phi) is 6.12. The number of thiocarbonyl (C=S) groups is 1. The maximum Gasteiger partial charge on any atom is 0.169 e. The van der Waals surface area contributed by atoms with Crippen LogP contribution < -0.4 is 14.8 Å². The molecule has 5 heteroatoms. The minimum absolute atomic E-state index is 0.0243. The van der Waals surface area contributed by atoms with Gasteiger partial charge < -0.3 is 19.7 Å². The van der Waals surface area contributed by atoms with Gasteiger partial charge in [-0.25, -0.2) is 0 Å². The van der Waals surface area contributed by atoms with E-state index in [4.69, 9.17) is 21.7 Å². The molecule has 0 saturated heterocycles. The highest BCUT2D eigenvalue weighted by Gasteiger charge is 2.23. The molecular formula is C20H24N2O2S. The molecule has 0 spiro atoms. The van der Waals surface area contributed by atoms with Gasteiger partial charge in [-0.3, -0.25) is 0 Å². The first-order valence-electron chi connectivity index (χ1n) is 8.71. The molecule has 132 valence electrons. The molecular weight excluding hydrogens is 332 g/mol. The molecule has 0 bridgehead atoms. The van der Waals surface area contributed by atoms with Gasteiger partial charge in [-0.15, -0.1) is 0 Å². The lowest BCUT2D eigenvalue weighted by Crippen LogP contribution is -2.47. The van der Waals surface area contributed by atoms with E-state index in [0.717, 1.165) is 36.1 Å². The summed E-state index contributed by atoms with van der Waals surface area (Å²) in [4.78, 5) is 2.13. The summed E-state index contributed by atoms with van der Waals surface area (Å²) in [6, 6.07) is 18.2. The third-order valence-electron chi connectivity index (χ3n) is 4.19. The van der Waals surface area contributed by atoms with Crippen molar-refractivity contribution < 1.29 is 9.47 Å². The zero-order valence-electron chi connectivity index (χ0n) is 14.5. The molecule has 1 aliphatic rings. The van der Waals surface area contributed by atoms with Gasteiger partial charge in [-0.2, -0.15) is 0 Å². The van der Waals surface area contributed by atoms with Gasteiger partial charge in [-0.1, -0.05) is 42.5 Å². The molecule has 2 aromatic carbocycles. The summed E-state index contributed by atoms with van der Waals surface area (Å²) in [7, 11) is 0. The minimum atomic E-state index is -0.0243. The largest absolute Gasteiger partial charge is 0.486 e. The third kappa shape index (κ3) is 4.86. The maximum absolute atomic E-state index is 6.03. The van der Waals surface area contributed by atoms with Crippen LogP contribution in [0.4, 0.5) is 0 Å². The molecule has 1 heterocycles. The van der Waals surface area contributed by atoms with Crippen LogP contribution in [0.15, 0.2) is 54.6 Å². The predicted molar refractivity (Wildman–Crippen MR) is 104 cm³/mol. The van der Waals surface area contributed by atoms with E-state index in [9.17, 15) is 0 Å². The van der Waals surface area contributed by atoms with E-state index in [-0.39, 0.29) is 6.10 Å². The van der Waals surface area contributed by atoms with E-state index in [2.05, 4.69) is 41.4 Å². The highest BCUT2D eigenvalue weighted by Crippen LogP contribution is 2.30. The van der Waals surface area contributed by atoms with Crippen molar-refractivity contribution in [3.05, 3.63) is 60.2 Å². The molecule has 0 aromatic heterocycles. The zero-order valence-corrected chi connectivity index (χ0v) is 15.3. The van der Waals surface area contributed by atoms with E-state index in [0.29, 0.717) is 13.2 Å². The minimum Gasteiger partial charge on any atom is -0.486 e. The van der Waals surface area contributed by atoms with Gasteiger partial charge in [0.05, 0.1) is 6.54 Å². The van der Waals surface area contributed by atoms with Crippen LogP contribution in [0.25, 0.3) is 0 Å². The van der Waals surface area contributed by atoms with E-state index in [1.807, 2.05) is 30.3 Å². The smallest absolute Gasteiger partial charge is 0.169 e. The first kappa shape index (κ1) is 17.5. The highest BCUT2D eigenvalue weighted by atomic mass is 32.1. The van der Waals surface area contributed by atoms with Crippen molar-refractivity contribution in [3.63, 3.8) is 0 Å². The van der Waals surface area contributed by atoms with E-state index in [1.54, 1.807) is 0 Å². The Morgan fingerprint density at radius 3 is 2.60 bits per heavy atom. The number of hydrogen-bond donors (Lipinski definition) is 1. The number of rotatable bonds is 6. The fourth-order valence-electron chi connectivity index (χ4n) is 2.82. The van der Waals surface area contributed by atoms with Crippen LogP contribution in [-0.4, -0.2) is 42.4 Å². The van der Waals surface area contributed by atoms with Gasteiger partial charge >= 0.3 is 0 Å². The maximum atomic E-state index is 6.03. The molecule has 0 saturated carbocycles. The van der Waals surface area contributed by atoms with Crippen LogP contribution in [0.2, 0.25) is 0 Å². The first-order valence-corrected chi connectivity index (χ1v) is 9.12. The molecule has 0 fully saturated rings. The Balaban J connectivity index is 1.48. The Bertz CT molecular complexity index is 693. The summed E-state index contributed by atoms with van der Waals surface area (Å²) in [5.74, 6) is 1.61. The number of ether oxygens (including phenoxy) is 2. The Hall–Kier alpha value is -2.27. The topological polar surface area (TPSA) is 33.7 Å². The van der Waals surface area contributed by atoms with Gasteiger partial charge in [0.15, 0.2) is 22.7 Å². The Morgan fingerprint density at radius 1 is 1.12 bits per heavy atom. The summed E-state index contributed by atoms with van der Waals surface area (Å²) < 4.78 is 11.8. The van der Waals surface area contributed by atoms with E-state index in [1.165, 1.54) is 5.56 Å². The molecule has 1 aliphatic heterocycles. The molecule has 25 heavy (non-hydrogen) atoms. The standard InChI is InChI=1S/C20H24N2O2S/c1-2-22(20(25)21-13-12-16-8-4-3-5-9-16)14-17-15-23-18-10-6-7-11-19(18)24-17/h3-11,17H,2,12-15H2,1H3,(H,21,25)/t17-/m0/s1. The number of para-hydroxylation sites is 2. The lowest BCUT2D eigenvalue weighted by molar-refractivity contribution is 0.0748. The van der Waals surface area contributed by atoms with Crippen LogP contribution in [0, 0.1) is 0 Å². The van der Waals surface area contributed by atoms with Crippen molar-refractivity contribution in [1.82, 2.24) is 10.2 Å². The summed E-state index contributed by atoms with van der Waals surface area (Å²) in [6.45, 7) is 5.01. The first-order chi connectivity index (χ1) is 12.3. The Labute approximate surface area is 154 Å². The van der Waals surface area contributed by atoms with Crippen molar-refractivity contribution in [3.8, 4) is 11.5 Å². The molecule has 0 amide bonds. The lowest BCUT2D eigenvalue weighted by Gasteiger charge is -2.32. The van der Waals surface area contributed by atoms with Crippen LogP contribution in [0.3, 0.4) is 0 Å². The third-order valence-corrected chi connectivity index (χ3v) is 4.60. The van der Waals surface area contributed by atoms with Crippen LogP contribution in [0.5, 0.6) is 11.5 Å². The van der Waals surface area contributed by atoms with Gasteiger partial charge in [0.2, 0.25) is 0 Å². The van der Waals surface area contributed by atoms with Gasteiger partial charge in [-0.05, 0) is 43.3 Å². The van der Waals surface area contributed by atoms with E-state index >= 15 is 0 Å². The van der Waals surface area contributed by atoms with Crippen LogP contribution >= 0.6 is 12.2 Å². The number of hydrogen-bond acceptors (Lipinski definition) is 3. The van der Waals surface area contributed by atoms with Crippen LogP contribution in [0.1, 0.15) is 12.5 Å². The van der Waals surface area contributed by atoms with E-state index < -0.39 is 0 Å². The zero-order chi connectivity index (χ0) is 17.5.